The fraction of sp³-hybridized carbons (Fsp3) is 0.250. The summed E-state index contributed by atoms with van der Waals surface area (Å²) in [5.41, 5.74) is 4.68. The van der Waals surface area contributed by atoms with Crippen LogP contribution in [0.5, 0.6) is 11.5 Å². The predicted molar refractivity (Wildman–Crippen MR) is 189 cm³/mol. The van der Waals surface area contributed by atoms with Crippen LogP contribution in [0.4, 0.5) is 0 Å². The highest BCUT2D eigenvalue weighted by molar-refractivity contribution is 5.80. The Kier molecular flexibility index (Phi) is 11.2. The Balaban J connectivity index is 0.802. The Labute approximate surface area is 283 Å². The van der Waals surface area contributed by atoms with E-state index in [4.69, 9.17) is 32.5 Å². The molecule has 49 heavy (non-hydrogen) atoms. The second-order valence-electron chi connectivity index (χ2n) is 11.5. The van der Waals surface area contributed by atoms with Crippen molar-refractivity contribution in [2.45, 2.75) is 13.8 Å². The average Bonchev–Trinajstić information content (AvgIpc) is 3.10. The van der Waals surface area contributed by atoms with E-state index in [0.29, 0.717) is 97.8 Å². The maximum Gasteiger partial charge on any atom is 0.193 e. The van der Waals surface area contributed by atoms with Crippen LogP contribution in [0.3, 0.4) is 0 Å². The number of rotatable bonds is 16. The molecule has 0 fully saturated rings. The van der Waals surface area contributed by atoms with Crippen molar-refractivity contribution in [3.05, 3.63) is 129 Å². The van der Waals surface area contributed by atoms with Crippen LogP contribution in [-0.2, 0) is 14.2 Å². The van der Waals surface area contributed by atoms with E-state index in [0.717, 1.165) is 22.3 Å². The summed E-state index contributed by atoms with van der Waals surface area (Å²) in [7, 11) is 0. The number of benzene rings is 4. The van der Waals surface area contributed by atoms with Gasteiger partial charge in [-0.2, -0.15) is 0 Å². The normalized spacial score (nSPS) is 11.3. The average molecular weight is 663 g/mol. The molecule has 4 aromatic carbocycles. The lowest BCUT2D eigenvalue weighted by Crippen LogP contribution is -2.14. The molecule has 0 spiro atoms. The molecule has 0 unspecified atom stereocenters. The molecular formula is C40H38O9. The minimum atomic E-state index is -0.0678. The molecular weight excluding hydrogens is 624 g/mol. The van der Waals surface area contributed by atoms with Crippen molar-refractivity contribution < 1.29 is 32.5 Å². The fourth-order valence-corrected chi connectivity index (χ4v) is 5.22. The van der Waals surface area contributed by atoms with E-state index in [-0.39, 0.29) is 10.9 Å². The third-order valence-corrected chi connectivity index (χ3v) is 7.78. The van der Waals surface area contributed by atoms with Gasteiger partial charge in [-0.1, -0.05) is 12.1 Å². The van der Waals surface area contributed by atoms with Crippen molar-refractivity contribution in [1.29, 1.82) is 0 Å². The lowest BCUT2D eigenvalue weighted by molar-refractivity contribution is 0.00499. The van der Waals surface area contributed by atoms with Gasteiger partial charge in [-0.15, -0.1) is 0 Å². The first-order valence-corrected chi connectivity index (χ1v) is 16.2. The van der Waals surface area contributed by atoms with Crippen molar-refractivity contribution in [2.24, 2.45) is 0 Å². The zero-order valence-electron chi connectivity index (χ0n) is 27.6. The minimum absolute atomic E-state index is 0.0678. The van der Waals surface area contributed by atoms with E-state index in [2.05, 4.69) is 0 Å². The first-order valence-electron chi connectivity index (χ1n) is 16.2. The third kappa shape index (κ3) is 9.03. The fourth-order valence-electron chi connectivity index (χ4n) is 5.22. The van der Waals surface area contributed by atoms with Crippen LogP contribution >= 0.6 is 0 Å². The van der Waals surface area contributed by atoms with Crippen LogP contribution < -0.4 is 20.3 Å². The van der Waals surface area contributed by atoms with Crippen molar-refractivity contribution in [3.8, 4) is 34.1 Å². The van der Waals surface area contributed by atoms with Gasteiger partial charge in [0.15, 0.2) is 10.9 Å². The summed E-state index contributed by atoms with van der Waals surface area (Å²) in [4.78, 5) is 25.0. The Morgan fingerprint density at radius 3 is 1.20 bits per heavy atom. The van der Waals surface area contributed by atoms with E-state index in [9.17, 15) is 9.59 Å². The molecule has 0 aliphatic carbocycles. The van der Waals surface area contributed by atoms with E-state index in [1.165, 1.54) is 12.1 Å². The molecule has 0 N–H and O–H groups in total. The molecule has 6 aromatic rings. The summed E-state index contributed by atoms with van der Waals surface area (Å²) in [6, 6.07) is 29.0. The molecule has 0 saturated heterocycles. The highest BCUT2D eigenvalue weighted by Gasteiger charge is 2.09. The molecule has 0 atom stereocenters. The van der Waals surface area contributed by atoms with Crippen molar-refractivity contribution in [3.63, 3.8) is 0 Å². The third-order valence-electron chi connectivity index (χ3n) is 7.78. The number of aryl methyl sites for hydroxylation is 2. The highest BCUT2D eigenvalue weighted by Crippen LogP contribution is 2.26. The Hall–Kier alpha value is -5.22. The number of hydrogen-bond acceptors (Lipinski definition) is 9. The Bertz CT molecular complexity index is 1960. The molecule has 2 heterocycles. The largest absolute Gasteiger partial charge is 0.491 e. The topological polar surface area (TPSA) is 107 Å². The van der Waals surface area contributed by atoms with E-state index in [1.807, 2.05) is 86.6 Å². The predicted octanol–water partition coefficient (Wildman–Crippen LogP) is 7.36. The summed E-state index contributed by atoms with van der Waals surface area (Å²) in [6.07, 6.45) is 0. The number of fused-ring (bicyclic) bond motifs is 2. The van der Waals surface area contributed by atoms with E-state index >= 15 is 0 Å². The van der Waals surface area contributed by atoms with Crippen LogP contribution in [0, 0.1) is 13.8 Å². The molecule has 0 radical (unpaired) electrons. The first kappa shape index (κ1) is 33.7. The summed E-state index contributed by atoms with van der Waals surface area (Å²) in [5, 5.41) is 1.14. The van der Waals surface area contributed by atoms with Gasteiger partial charge in [0.1, 0.15) is 47.4 Å². The van der Waals surface area contributed by atoms with Crippen LogP contribution in [0.25, 0.3) is 44.6 Å². The van der Waals surface area contributed by atoms with Crippen LogP contribution in [0.2, 0.25) is 0 Å². The SMILES string of the molecule is Cc1ccc2c(=O)cc(-c3ccc(OCCOCCOCCOCCOc4ccc(-c5cc(=O)c6ccc(C)cc6o5)cc4)cc3)oc2c1. The lowest BCUT2D eigenvalue weighted by atomic mass is 10.1. The Morgan fingerprint density at radius 2 is 0.816 bits per heavy atom. The zero-order valence-corrected chi connectivity index (χ0v) is 27.6. The molecule has 6 rings (SSSR count). The summed E-state index contributed by atoms with van der Waals surface area (Å²) in [6.45, 7) is 7.38. The van der Waals surface area contributed by atoms with Crippen molar-refractivity contribution in [1.82, 2.24) is 0 Å². The van der Waals surface area contributed by atoms with Gasteiger partial charge in [0.25, 0.3) is 0 Å². The molecule has 2 aromatic heterocycles. The second-order valence-corrected chi connectivity index (χ2v) is 11.5. The number of ether oxygens (including phenoxy) is 5. The summed E-state index contributed by atoms with van der Waals surface area (Å²) in [5.74, 6) is 2.44. The van der Waals surface area contributed by atoms with Gasteiger partial charge < -0.3 is 32.5 Å². The second kappa shape index (κ2) is 16.3. The van der Waals surface area contributed by atoms with Gasteiger partial charge in [0.05, 0.1) is 50.4 Å². The molecule has 0 saturated carbocycles. The standard InChI is InChI=1S/C40H38O9/c1-27-3-13-33-35(41)25-37(48-39(33)23-27)29-5-9-31(10-6-29)46-21-19-44-17-15-43-16-18-45-20-22-47-32-11-7-30(8-12-32)38-26-36(42)34-14-4-28(2)24-40(34)49-38/h3-14,23-26H,15-22H2,1-2H3. The van der Waals surface area contributed by atoms with Crippen molar-refractivity contribution in [2.75, 3.05) is 52.9 Å². The zero-order chi connectivity index (χ0) is 34.0. The monoisotopic (exact) mass is 662 g/mol. The smallest absolute Gasteiger partial charge is 0.193 e. The van der Waals surface area contributed by atoms with Gasteiger partial charge in [-0.25, -0.2) is 0 Å². The molecule has 9 heteroatoms. The van der Waals surface area contributed by atoms with Gasteiger partial charge >= 0.3 is 0 Å². The highest BCUT2D eigenvalue weighted by atomic mass is 16.6. The van der Waals surface area contributed by atoms with Crippen LogP contribution in [0.15, 0.2) is 115 Å². The van der Waals surface area contributed by atoms with Gasteiger partial charge in [-0.05, 0) is 97.8 Å². The van der Waals surface area contributed by atoms with Crippen molar-refractivity contribution >= 4 is 21.9 Å². The van der Waals surface area contributed by atoms with E-state index < -0.39 is 0 Å². The molecule has 252 valence electrons. The molecule has 0 bridgehead atoms. The first-order chi connectivity index (χ1) is 23.9. The Morgan fingerprint density at radius 1 is 0.449 bits per heavy atom. The minimum Gasteiger partial charge on any atom is -0.491 e. The summed E-state index contributed by atoms with van der Waals surface area (Å²) >= 11 is 0. The quantitative estimate of drug-likeness (QED) is 0.0983. The number of hydrogen-bond donors (Lipinski definition) is 0. The maximum absolute atomic E-state index is 12.5. The molecule has 0 amide bonds. The van der Waals surface area contributed by atoms with Crippen LogP contribution in [-0.4, -0.2) is 52.9 Å². The van der Waals surface area contributed by atoms with E-state index in [1.54, 1.807) is 12.1 Å². The molecule has 0 aliphatic heterocycles. The lowest BCUT2D eigenvalue weighted by Gasteiger charge is -2.10. The molecule has 9 nitrogen and oxygen atoms in total. The van der Waals surface area contributed by atoms with Gasteiger partial charge in [-0.3, -0.25) is 9.59 Å². The van der Waals surface area contributed by atoms with Crippen LogP contribution in [0.1, 0.15) is 11.1 Å². The van der Waals surface area contributed by atoms with Gasteiger partial charge in [0.2, 0.25) is 0 Å². The maximum atomic E-state index is 12.5. The summed E-state index contributed by atoms with van der Waals surface area (Å²) < 4.78 is 40.2. The molecule has 0 aliphatic rings. The van der Waals surface area contributed by atoms with Gasteiger partial charge in [0, 0.05) is 23.3 Å².